The molecule has 0 spiro atoms. The highest BCUT2D eigenvalue weighted by atomic mass is 16.5. The number of benzene rings is 1. The first-order valence-corrected chi connectivity index (χ1v) is 8.59. The van der Waals surface area contributed by atoms with Crippen LogP contribution in [0.5, 0.6) is 0 Å². The highest BCUT2D eigenvalue weighted by Crippen LogP contribution is 2.29. The number of hydrogen-bond acceptors (Lipinski definition) is 5. The van der Waals surface area contributed by atoms with Gasteiger partial charge >= 0.3 is 6.03 Å². The fourth-order valence-corrected chi connectivity index (χ4v) is 3.30. The number of aliphatic hydroxyl groups excluding tert-OH is 1. The van der Waals surface area contributed by atoms with Gasteiger partial charge in [-0.05, 0) is 19.4 Å². The second kappa shape index (κ2) is 7.11. The number of morpholine rings is 1. The number of carbonyl (C=O) groups excluding carboxylic acids is 2. The first-order valence-electron chi connectivity index (χ1n) is 8.59. The van der Waals surface area contributed by atoms with E-state index in [1.807, 2.05) is 31.2 Å². The van der Waals surface area contributed by atoms with Gasteiger partial charge in [0.2, 0.25) is 0 Å². The summed E-state index contributed by atoms with van der Waals surface area (Å²) in [4.78, 5) is 28.4. The van der Waals surface area contributed by atoms with E-state index in [4.69, 9.17) is 4.74 Å². The maximum absolute atomic E-state index is 12.8. The summed E-state index contributed by atoms with van der Waals surface area (Å²) in [7, 11) is 0. The molecule has 0 aliphatic carbocycles. The number of β-amino-alcohol motifs (C(OH)–C–C–N with tert-alkyl or cyclic N) is 1. The van der Waals surface area contributed by atoms with Gasteiger partial charge in [-0.1, -0.05) is 29.8 Å². The number of aryl methyl sites for hydroxylation is 1. The van der Waals surface area contributed by atoms with Crippen molar-refractivity contribution in [3.63, 3.8) is 0 Å². The number of nitrogens with one attached hydrogen (secondary N) is 1. The fourth-order valence-electron chi connectivity index (χ4n) is 3.30. The van der Waals surface area contributed by atoms with Gasteiger partial charge in [-0.2, -0.15) is 0 Å². The smallest absolute Gasteiger partial charge is 0.325 e. The number of aliphatic hydroxyl groups is 1. The summed E-state index contributed by atoms with van der Waals surface area (Å²) in [5.74, 6) is -0.331. The van der Waals surface area contributed by atoms with Crippen LogP contribution in [0.3, 0.4) is 0 Å². The molecule has 0 unspecified atom stereocenters. The predicted octanol–water partition coefficient (Wildman–Crippen LogP) is 0.455. The molecular formula is C18H25N3O4. The average Bonchev–Trinajstić information content (AvgIpc) is 2.80. The van der Waals surface area contributed by atoms with Crippen molar-refractivity contribution < 1.29 is 19.4 Å². The fraction of sp³-hybridized carbons (Fsp3) is 0.556. The molecule has 7 nitrogen and oxygen atoms in total. The van der Waals surface area contributed by atoms with Crippen LogP contribution in [0.15, 0.2) is 24.3 Å². The first-order chi connectivity index (χ1) is 11.9. The number of nitrogens with zero attached hydrogens (tertiary/aromatic N) is 2. The van der Waals surface area contributed by atoms with Gasteiger partial charge < -0.3 is 15.2 Å². The molecule has 2 atom stereocenters. The summed E-state index contributed by atoms with van der Waals surface area (Å²) in [5, 5.41) is 13.1. The van der Waals surface area contributed by atoms with E-state index in [-0.39, 0.29) is 12.5 Å². The highest BCUT2D eigenvalue weighted by Gasteiger charge is 2.49. The average molecular weight is 347 g/mol. The lowest BCUT2D eigenvalue weighted by Gasteiger charge is -2.29. The van der Waals surface area contributed by atoms with E-state index in [0.29, 0.717) is 19.8 Å². The number of rotatable bonds is 5. The Morgan fingerprint density at radius 1 is 1.20 bits per heavy atom. The molecule has 0 radical (unpaired) electrons. The maximum Gasteiger partial charge on any atom is 0.325 e. The summed E-state index contributed by atoms with van der Waals surface area (Å²) in [6, 6.07) is 7.06. The molecule has 3 amide bonds. The minimum atomic E-state index is -1.09. The molecule has 2 N–H and O–H groups in total. The Bertz CT molecular complexity index is 642. The van der Waals surface area contributed by atoms with Crippen molar-refractivity contribution in [3.05, 3.63) is 35.4 Å². The summed E-state index contributed by atoms with van der Waals surface area (Å²) in [6.07, 6.45) is -0.784. The van der Waals surface area contributed by atoms with Gasteiger partial charge in [0, 0.05) is 19.6 Å². The quantitative estimate of drug-likeness (QED) is 0.756. The molecule has 7 heteroatoms. The van der Waals surface area contributed by atoms with Crippen LogP contribution in [-0.2, 0) is 15.1 Å². The molecule has 1 aromatic carbocycles. The van der Waals surface area contributed by atoms with Gasteiger partial charge in [0.1, 0.15) is 5.54 Å². The Labute approximate surface area is 147 Å². The topological polar surface area (TPSA) is 82.1 Å². The third-order valence-corrected chi connectivity index (χ3v) is 4.87. The SMILES string of the molecule is Cc1ccc([C@@]2(C)NC(=O)N(C[C@@H](O)CN3CCOCC3)C2=O)cc1. The molecule has 2 saturated heterocycles. The minimum absolute atomic E-state index is 0.0104. The number of hydrogen-bond donors (Lipinski definition) is 2. The van der Waals surface area contributed by atoms with Crippen LogP contribution in [0.2, 0.25) is 0 Å². The number of amides is 3. The van der Waals surface area contributed by atoms with Crippen LogP contribution >= 0.6 is 0 Å². The lowest BCUT2D eigenvalue weighted by atomic mass is 9.91. The zero-order chi connectivity index (χ0) is 18.0. The summed E-state index contributed by atoms with van der Waals surface area (Å²) >= 11 is 0. The molecule has 2 fully saturated rings. The van der Waals surface area contributed by atoms with Crippen molar-refractivity contribution in [2.75, 3.05) is 39.4 Å². The van der Waals surface area contributed by atoms with Crippen molar-refractivity contribution in [1.29, 1.82) is 0 Å². The summed E-state index contributed by atoms with van der Waals surface area (Å²) in [5.41, 5.74) is 0.729. The zero-order valence-corrected chi connectivity index (χ0v) is 14.7. The molecule has 1 aromatic rings. The van der Waals surface area contributed by atoms with Crippen LogP contribution in [0.1, 0.15) is 18.1 Å². The third-order valence-electron chi connectivity index (χ3n) is 4.87. The second-order valence-corrected chi connectivity index (χ2v) is 6.90. The van der Waals surface area contributed by atoms with E-state index in [1.54, 1.807) is 6.92 Å². The van der Waals surface area contributed by atoms with Gasteiger partial charge in [-0.3, -0.25) is 14.6 Å². The van der Waals surface area contributed by atoms with Crippen LogP contribution in [0, 0.1) is 6.92 Å². The zero-order valence-electron chi connectivity index (χ0n) is 14.7. The van der Waals surface area contributed by atoms with Crippen molar-refractivity contribution in [3.8, 4) is 0 Å². The minimum Gasteiger partial charge on any atom is -0.390 e. The normalized spacial score (nSPS) is 26.0. The molecule has 2 aliphatic heterocycles. The Kier molecular flexibility index (Phi) is 5.08. The van der Waals surface area contributed by atoms with Crippen molar-refractivity contribution >= 4 is 11.9 Å². The van der Waals surface area contributed by atoms with E-state index in [0.717, 1.165) is 29.1 Å². The molecule has 136 valence electrons. The van der Waals surface area contributed by atoms with E-state index in [1.165, 1.54) is 0 Å². The first kappa shape index (κ1) is 17.8. The largest absolute Gasteiger partial charge is 0.390 e. The second-order valence-electron chi connectivity index (χ2n) is 6.90. The summed E-state index contributed by atoms with van der Waals surface area (Å²) < 4.78 is 5.28. The lowest BCUT2D eigenvalue weighted by Crippen LogP contribution is -2.46. The predicted molar refractivity (Wildman–Crippen MR) is 92.0 cm³/mol. The number of carbonyl (C=O) groups is 2. The molecule has 2 heterocycles. The Morgan fingerprint density at radius 3 is 2.48 bits per heavy atom. The number of imide groups is 1. The van der Waals surface area contributed by atoms with Gasteiger partial charge in [-0.25, -0.2) is 4.79 Å². The molecule has 2 aliphatic rings. The monoisotopic (exact) mass is 347 g/mol. The van der Waals surface area contributed by atoms with Crippen LogP contribution in [0.4, 0.5) is 4.79 Å². The molecule has 0 bridgehead atoms. The maximum atomic E-state index is 12.8. The number of ether oxygens (including phenoxy) is 1. The Balaban J connectivity index is 1.67. The molecule has 0 aromatic heterocycles. The van der Waals surface area contributed by atoms with Gasteiger partial charge in [0.15, 0.2) is 0 Å². The van der Waals surface area contributed by atoms with Crippen molar-refractivity contribution in [2.24, 2.45) is 0 Å². The Morgan fingerprint density at radius 2 is 1.84 bits per heavy atom. The molecule has 25 heavy (non-hydrogen) atoms. The van der Waals surface area contributed by atoms with E-state index >= 15 is 0 Å². The molecule has 0 saturated carbocycles. The van der Waals surface area contributed by atoms with Gasteiger partial charge in [0.05, 0.1) is 25.9 Å². The lowest BCUT2D eigenvalue weighted by molar-refractivity contribution is -0.132. The van der Waals surface area contributed by atoms with Gasteiger partial charge in [0.25, 0.3) is 5.91 Å². The van der Waals surface area contributed by atoms with E-state index in [9.17, 15) is 14.7 Å². The molecule has 3 rings (SSSR count). The van der Waals surface area contributed by atoms with Crippen LogP contribution < -0.4 is 5.32 Å². The Hall–Kier alpha value is -1.96. The van der Waals surface area contributed by atoms with E-state index in [2.05, 4.69) is 10.2 Å². The van der Waals surface area contributed by atoms with Gasteiger partial charge in [-0.15, -0.1) is 0 Å². The third kappa shape index (κ3) is 3.68. The number of urea groups is 1. The van der Waals surface area contributed by atoms with Crippen LogP contribution in [-0.4, -0.2) is 72.3 Å². The highest BCUT2D eigenvalue weighted by molar-refractivity contribution is 6.07. The van der Waals surface area contributed by atoms with E-state index < -0.39 is 17.7 Å². The standard InChI is InChI=1S/C18H25N3O4/c1-13-3-5-14(6-4-13)18(2)16(23)21(17(24)19-18)12-15(22)11-20-7-9-25-10-8-20/h3-6,15,22H,7-12H2,1-2H3,(H,19,24)/t15-,18+/m0/s1. The summed E-state index contributed by atoms with van der Waals surface area (Å²) in [6.45, 7) is 6.85. The molecular weight excluding hydrogens is 322 g/mol. The van der Waals surface area contributed by atoms with Crippen molar-refractivity contribution in [1.82, 2.24) is 15.1 Å². The van der Waals surface area contributed by atoms with Crippen LogP contribution in [0.25, 0.3) is 0 Å². The van der Waals surface area contributed by atoms with Crippen molar-refractivity contribution in [2.45, 2.75) is 25.5 Å².